The van der Waals surface area contributed by atoms with Gasteiger partial charge in [-0.15, -0.1) is 0 Å². The Labute approximate surface area is 112 Å². The van der Waals surface area contributed by atoms with Gasteiger partial charge in [0, 0.05) is 29.3 Å². The highest BCUT2D eigenvalue weighted by atomic mass is 79.9. The summed E-state index contributed by atoms with van der Waals surface area (Å²) in [5.74, 6) is 0. The normalized spacial score (nSPS) is 23.8. The summed E-state index contributed by atoms with van der Waals surface area (Å²) < 4.78 is 1.18. The largest absolute Gasteiger partial charge is 0.371 e. The maximum atomic E-state index is 6.17. The SMILES string of the molecule is Cc1cc(N2CCC(N)C(C)(C)C2)ccc1Br. The predicted molar refractivity (Wildman–Crippen MR) is 77.5 cm³/mol. The minimum atomic E-state index is 0.194. The van der Waals surface area contributed by atoms with Crippen LogP contribution in [0, 0.1) is 12.3 Å². The van der Waals surface area contributed by atoms with Crippen molar-refractivity contribution >= 4 is 21.6 Å². The van der Waals surface area contributed by atoms with Crippen molar-refractivity contribution in [1.82, 2.24) is 0 Å². The molecule has 0 spiro atoms. The first-order valence-electron chi connectivity index (χ1n) is 6.17. The first-order chi connectivity index (χ1) is 7.90. The number of aryl methyl sites for hydroxylation is 1. The maximum absolute atomic E-state index is 6.17. The number of nitrogens with two attached hydrogens (primary N) is 1. The fraction of sp³-hybridized carbons (Fsp3) is 0.571. The number of hydrogen-bond donors (Lipinski definition) is 1. The van der Waals surface area contributed by atoms with Crippen molar-refractivity contribution in [2.45, 2.75) is 33.2 Å². The summed E-state index contributed by atoms with van der Waals surface area (Å²) in [6, 6.07) is 6.88. The predicted octanol–water partition coefficient (Wildman–Crippen LogP) is 3.32. The van der Waals surface area contributed by atoms with Crippen molar-refractivity contribution in [3.05, 3.63) is 28.2 Å². The van der Waals surface area contributed by atoms with E-state index in [1.165, 1.54) is 15.7 Å². The molecule has 1 atom stereocenters. The Kier molecular flexibility index (Phi) is 3.50. The standard InChI is InChI=1S/C14H21BrN2/c1-10-8-11(4-5-12(10)15)17-7-6-13(16)14(2,3)9-17/h4-5,8,13H,6-7,9,16H2,1-3H3. The Morgan fingerprint density at radius 3 is 2.71 bits per heavy atom. The van der Waals surface area contributed by atoms with Gasteiger partial charge in [-0.05, 0) is 42.5 Å². The van der Waals surface area contributed by atoms with Gasteiger partial charge in [0.15, 0.2) is 0 Å². The van der Waals surface area contributed by atoms with Gasteiger partial charge in [-0.2, -0.15) is 0 Å². The van der Waals surface area contributed by atoms with E-state index in [0.717, 1.165) is 19.5 Å². The fourth-order valence-electron chi connectivity index (χ4n) is 2.42. The fourth-order valence-corrected chi connectivity index (χ4v) is 2.67. The van der Waals surface area contributed by atoms with Crippen LogP contribution in [-0.4, -0.2) is 19.1 Å². The lowest BCUT2D eigenvalue weighted by Gasteiger charge is -2.43. The quantitative estimate of drug-likeness (QED) is 0.861. The molecule has 2 N–H and O–H groups in total. The molecule has 0 amide bonds. The van der Waals surface area contributed by atoms with Crippen LogP contribution in [-0.2, 0) is 0 Å². The van der Waals surface area contributed by atoms with Crippen LogP contribution in [0.3, 0.4) is 0 Å². The van der Waals surface area contributed by atoms with Crippen LogP contribution in [0.15, 0.2) is 22.7 Å². The maximum Gasteiger partial charge on any atom is 0.0369 e. The van der Waals surface area contributed by atoms with E-state index >= 15 is 0 Å². The van der Waals surface area contributed by atoms with E-state index in [1.54, 1.807) is 0 Å². The van der Waals surface area contributed by atoms with Gasteiger partial charge in [0.1, 0.15) is 0 Å². The highest BCUT2D eigenvalue weighted by Crippen LogP contribution is 2.32. The zero-order valence-corrected chi connectivity index (χ0v) is 12.4. The Bertz CT molecular complexity index is 415. The molecular formula is C14H21BrN2. The number of benzene rings is 1. The molecule has 1 unspecified atom stereocenters. The summed E-state index contributed by atoms with van der Waals surface area (Å²) in [5.41, 5.74) is 8.96. The van der Waals surface area contributed by atoms with Crippen molar-refractivity contribution in [2.75, 3.05) is 18.0 Å². The van der Waals surface area contributed by atoms with E-state index in [1.807, 2.05) is 0 Å². The summed E-state index contributed by atoms with van der Waals surface area (Å²) in [4.78, 5) is 2.45. The third-order valence-corrected chi connectivity index (χ3v) is 4.71. The van der Waals surface area contributed by atoms with Crippen molar-refractivity contribution < 1.29 is 0 Å². The molecule has 1 aromatic rings. The van der Waals surface area contributed by atoms with Crippen LogP contribution in [0.2, 0.25) is 0 Å². The molecule has 3 heteroatoms. The van der Waals surface area contributed by atoms with Crippen molar-refractivity contribution in [1.29, 1.82) is 0 Å². The van der Waals surface area contributed by atoms with E-state index in [-0.39, 0.29) is 5.41 Å². The lowest BCUT2D eigenvalue weighted by Crippen LogP contribution is -2.52. The number of hydrogen-bond acceptors (Lipinski definition) is 2. The van der Waals surface area contributed by atoms with Gasteiger partial charge in [-0.25, -0.2) is 0 Å². The van der Waals surface area contributed by atoms with Gasteiger partial charge >= 0.3 is 0 Å². The third-order valence-electron chi connectivity index (χ3n) is 3.82. The highest BCUT2D eigenvalue weighted by molar-refractivity contribution is 9.10. The second-order valence-electron chi connectivity index (χ2n) is 5.74. The van der Waals surface area contributed by atoms with Crippen LogP contribution < -0.4 is 10.6 Å². The van der Waals surface area contributed by atoms with Crippen molar-refractivity contribution in [3.63, 3.8) is 0 Å². The second kappa shape index (κ2) is 4.62. The van der Waals surface area contributed by atoms with E-state index in [9.17, 15) is 0 Å². The molecule has 0 aromatic heterocycles. The molecule has 2 nitrogen and oxygen atoms in total. The lowest BCUT2D eigenvalue weighted by molar-refractivity contribution is 0.245. The molecule has 1 aromatic carbocycles. The van der Waals surface area contributed by atoms with Crippen LogP contribution in [0.5, 0.6) is 0 Å². The molecular weight excluding hydrogens is 276 g/mol. The van der Waals surface area contributed by atoms with E-state index < -0.39 is 0 Å². The van der Waals surface area contributed by atoms with E-state index in [2.05, 4.69) is 59.8 Å². The number of halogens is 1. The van der Waals surface area contributed by atoms with E-state index in [0.29, 0.717) is 6.04 Å². The van der Waals surface area contributed by atoms with Gasteiger partial charge in [-0.3, -0.25) is 0 Å². The Morgan fingerprint density at radius 1 is 1.41 bits per heavy atom. The summed E-state index contributed by atoms with van der Waals surface area (Å²) in [7, 11) is 0. The van der Waals surface area contributed by atoms with Crippen molar-refractivity contribution in [3.8, 4) is 0 Å². The molecule has 1 aliphatic heterocycles. The van der Waals surface area contributed by atoms with Crippen LogP contribution in [0.1, 0.15) is 25.8 Å². The summed E-state index contributed by atoms with van der Waals surface area (Å²) in [6.07, 6.45) is 1.07. The zero-order valence-electron chi connectivity index (χ0n) is 10.8. The van der Waals surface area contributed by atoms with Crippen LogP contribution in [0.4, 0.5) is 5.69 Å². The van der Waals surface area contributed by atoms with Gasteiger partial charge in [0.2, 0.25) is 0 Å². The van der Waals surface area contributed by atoms with Crippen LogP contribution in [0.25, 0.3) is 0 Å². The van der Waals surface area contributed by atoms with Gasteiger partial charge < -0.3 is 10.6 Å². The van der Waals surface area contributed by atoms with Gasteiger partial charge in [-0.1, -0.05) is 29.8 Å². The monoisotopic (exact) mass is 296 g/mol. The molecule has 1 saturated heterocycles. The minimum absolute atomic E-state index is 0.194. The molecule has 2 rings (SSSR count). The smallest absolute Gasteiger partial charge is 0.0369 e. The first kappa shape index (κ1) is 12.9. The zero-order chi connectivity index (χ0) is 12.6. The minimum Gasteiger partial charge on any atom is -0.371 e. The summed E-state index contributed by atoms with van der Waals surface area (Å²) >= 11 is 3.55. The molecule has 0 radical (unpaired) electrons. The van der Waals surface area contributed by atoms with Gasteiger partial charge in [0.25, 0.3) is 0 Å². The second-order valence-corrected chi connectivity index (χ2v) is 6.59. The molecule has 17 heavy (non-hydrogen) atoms. The number of rotatable bonds is 1. The molecule has 1 aliphatic rings. The van der Waals surface area contributed by atoms with Crippen molar-refractivity contribution in [2.24, 2.45) is 11.1 Å². The Hall–Kier alpha value is -0.540. The summed E-state index contributed by atoms with van der Waals surface area (Å²) in [6.45, 7) is 8.75. The average molecular weight is 297 g/mol. The van der Waals surface area contributed by atoms with E-state index in [4.69, 9.17) is 5.73 Å². The highest BCUT2D eigenvalue weighted by Gasteiger charge is 2.33. The molecule has 1 heterocycles. The average Bonchev–Trinajstić information content (AvgIpc) is 2.26. The molecule has 0 saturated carbocycles. The van der Waals surface area contributed by atoms with Crippen LogP contribution >= 0.6 is 15.9 Å². The lowest BCUT2D eigenvalue weighted by atomic mass is 9.79. The Morgan fingerprint density at radius 2 is 2.12 bits per heavy atom. The molecule has 1 fully saturated rings. The summed E-state index contributed by atoms with van der Waals surface area (Å²) in [5, 5.41) is 0. The number of anilines is 1. The number of piperidine rings is 1. The molecule has 94 valence electrons. The topological polar surface area (TPSA) is 29.3 Å². The Balaban J connectivity index is 2.21. The third kappa shape index (κ3) is 2.66. The first-order valence-corrected chi connectivity index (χ1v) is 6.96. The van der Waals surface area contributed by atoms with Gasteiger partial charge in [0.05, 0.1) is 0 Å². The number of nitrogens with zero attached hydrogens (tertiary/aromatic N) is 1. The molecule has 0 aliphatic carbocycles. The molecule has 0 bridgehead atoms.